The molecule has 4 heteroatoms. The van der Waals surface area contributed by atoms with Gasteiger partial charge in [0.05, 0.1) is 33.4 Å². The van der Waals surface area contributed by atoms with Gasteiger partial charge >= 0.3 is 0 Å². The summed E-state index contributed by atoms with van der Waals surface area (Å²) in [4.78, 5) is 4.97. The van der Waals surface area contributed by atoms with E-state index in [1.807, 2.05) is 0 Å². The van der Waals surface area contributed by atoms with E-state index in [1.54, 1.807) is 0 Å². The van der Waals surface area contributed by atoms with Crippen LogP contribution in [0.5, 0.6) is 0 Å². The fourth-order valence-corrected chi connectivity index (χ4v) is 13.5. The molecule has 0 aliphatic carbocycles. The molecule has 0 saturated heterocycles. The summed E-state index contributed by atoms with van der Waals surface area (Å²) >= 11 is 0. The summed E-state index contributed by atoms with van der Waals surface area (Å²) in [6, 6.07) is 112. The second-order valence-corrected chi connectivity index (χ2v) is 21.7. The number of fused-ring (bicyclic) bond motifs is 2. The lowest BCUT2D eigenvalue weighted by Crippen LogP contribution is -2.14. The summed E-state index contributed by atoms with van der Waals surface area (Å²) in [5.74, 6) is 0. The molecule has 15 aromatic carbocycles. The molecule has 0 amide bonds. The van der Waals surface area contributed by atoms with Crippen LogP contribution >= 0.6 is 0 Å². The third-order valence-corrected chi connectivity index (χ3v) is 17.1. The zero-order valence-electron chi connectivity index (χ0n) is 44.7. The SMILES string of the molecule is c1ccc(-c2ccc(-n3c4cccc5ccc6cc(N(c7cccc(N(c8cc9ccc%10cccc%11c%10c9c(c8)n%11-c8ccc(-c9ccccc9)cc8)c8cccc9ccccc89)c7)c7cccc8ccccc78)cc3c6c54)cc2)cc1. The highest BCUT2D eigenvalue weighted by Crippen LogP contribution is 2.49. The summed E-state index contributed by atoms with van der Waals surface area (Å²) in [7, 11) is 0. The van der Waals surface area contributed by atoms with Gasteiger partial charge in [-0.15, -0.1) is 0 Å². The molecule has 0 bridgehead atoms. The fourth-order valence-electron chi connectivity index (χ4n) is 13.5. The van der Waals surface area contributed by atoms with Crippen molar-refractivity contribution in [1.82, 2.24) is 9.13 Å². The van der Waals surface area contributed by atoms with Crippen molar-refractivity contribution < 1.29 is 0 Å². The second kappa shape index (κ2) is 18.3. The normalized spacial score (nSPS) is 11.9. The van der Waals surface area contributed by atoms with Gasteiger partial charge in [0.2, 0.25) is 0 Å². The molecule has 2 aromatic heterocycles. The Kier molecular flexibility index (Phi) is 10.3. The van der Waals surface area contributed by atoms with Crippen molar-refractivity contribution in [2.75, 3.05) is 9.80 Å². The molecule has 0 aliphatic heterocycles. The average molecular weight is 1040 g/mol. The van der Waals surface area contributed by atoms with Crippen molar-refractivity contribution >= 4 is 121 Å². The van der Waals surface area contributed by atoms with E-state index in [-0.39, 0.29) is 0 Å². The van der Waals surface area contributed by atoms with E-state index in [4.69, 9.17) is 0 Å². The maximum atomic E-state index is 2.49. The van der Waals surface area contributed by atoms with Gasteiger partial charge in [0.1, 0.15) is 0 Å². The molecule has 2 heterocycles. The predicted molar refractivity (Wildman–Crippen MR) is 348 cm³/mol. The van der Waals surface area contributed by atoms with Crippen LogP contribution in [0, 0.1) is 0 Å². The largest absolute Gasteiger partial charge is 0.310 e. The molecule has 0 fully saturated rings. The summed E-state index contributed by atoms with van der Waals surface area (Å²) < 4.78 is 4.94. The van der Waals surface area contributed by atoms with E-state index in [2.05, 4.69) is 322 Å². The molecule has 0 radical (unpaired) electrons. The fraction of sp³-hybridized carbons (Fsp3) is 0. The molecule has 0 N–H and O–H groups in total. The Labute approximate surface area is 474 Å². The molecule has 17 aromatic rings. The van der Waals surface area contributed by atoms with Gasteiger partial charge in [0.25, 0.3) is 0 Å². The zero-order valence-corrected chi connectivity index (χ0v) is 44.7. The van der Waals surface area contributed by atoms with Crippen LogP contribution in [0.25, 0.3) is 120 Å². The van der Waals surface area contributed by atoms with Gasteiger partial charge in [0.15, 0.2) is 0 Å². The molecular weight excluding hydrogens is 993 g/mol. The van der Waals surface area contributed by atoms with Crippen molar-refractivity contribution in [3.8, 4) is 33.6 Å². The minimum absolute atomic E-state index is 1.04. The molecule has 0 atom stereocenters. The summed E-state index contributed by atoms with van der Waals surface area (Å²) in [6.45, 7) is 0. The van der Waals surface area contributed by atoms with E-state index in [9.17, 15) is 0 Å². The van der Waals surface area contributed by atoms with Crippen LogP contribution in [0.3, 0.4) is 0 Å². The van der Waals surface area contributed by atoms with Crippen LogP contribution in [0.2, 0.25) is 0 Å². The number of anilines is 6. The van der Waals surface area contributed by atoms with E-state index >= 15 is 0 Å². The van der Waals surface area contributed by atoms with E-state index in [0.29, 0.717) is 0 Å². The third kappa shape index (κ3) is 7.18. The minimum Gasteiger partial charge on any atom is -0.310 e. The highest BCUT2D eigenvalue weighted by Gasteiger charge is 2.26. The van der Waals surface area contributed by atoms with Crippen LogP contribution in [-0.2, 0) is 0 Å². The summed E-state index contributed by atoms with van der Waals surface area (Å²) in [6.07, 6.45) is 0. The Morgan fingerprint density at radius 2 is 0.561 bits per heavy atom. The number of rotatable bonds is 10. The lowest BCUT2D eigenvalue weighted by molar-refractivity contribution is 1.18. The zero-order chi connectivity index (χ0) is 53.8. The minimum atomic E-state index is 1.04. The first-order valence-electron chi connectivity index (χ1n) is 28.2. The van der Waals surface area contributed by atoms with Gasteiger partial charge in [-0.1, -0.05) is 212 Å². The first-order valence-corrected chi connectivity index (χ1v) is 28.2. The van der Waals surface area contributed by atoms with Crippen LogP contribution in [0.1, 0.15) is 0 Å². The third-order valence-electron chi connectivity index (χ3n) is 17.1. The lowest BCUT2D eigenvalue weighted by Gasteiger charge is -2.31. The van der Waals surface area contributed by atoms with Crippen LogP contribution < -0.4 is 9.80 Å². The van der Waals surface area contributed by atoms with Gasteiger partial charge in [-0.3, -0.25) is 0 Å². The standard InChI is InChI=1S/C78H50N4/c1-3-16-51(17-4-1)53-38-42-61(43-39-53)81-71-32-13-24-57-34-36-59-46-65(49-73(81)77(59)75(57)71)79(69-30-11-22-55-20-7-9-28-67(55)69)63-26-15-27-64(48-63)80(70-31-12-23-56-21-8-10-29-68(56)70)66-47-60-37-35-58-25-14-33-72-76(58)78(60)74(50-66)82(72)62-44-40-54(41-45-62)52-18-5-2-6-19-52/h1-50H. The van der Waals surface area contributed by atoms with Crippen molar-refractivity contribution in [1.29, 1.82) is 0 Å². The number of hydrogen-bond donors (Lipinski definition) is 0. The Morgan fingerprint density at radius 3 is 1.02 bits per heavy atom. The van der Waals surface area contributed by atoms with Crippen molar-refractivity contribution in [2.24, 2.45) is 0 Å². The van der Waals surface area contributed by atoms with Crippen LogP contribution in [0.15, 0.2) is 303 Å². The van der Waals surface area contributed by atoms with E-state index < -0.39 is 0 Å². The Balaban J connectivity index is 0.897. The van der Waals surface area contributed by atoms with Gasteiger partial charge < -0.3 is 18.9 Å². The van der Waals surface area contributed by atoms with Gasteiger partial charge in [-0.25, -0.2) is 0 Å². The number of nitrogens with zero attached hydrogens (tertiary/aromatic N) is 4. The predicted octanol–water partition coefficient (Wildman–Crippen LogP) is 21.6. The van der Waals surface area contributed by atoms with Gasteiger partial charge in [0, 0.05) is 66.4 Å². The van der Waals surface area contributed by atoms with E-state index in [0.717, 1.165) is 56.5 Å². The summed E-state index contributed by atoms with van der Waals surface area (Å²) in [5.41, 5.74) is 18.2. The number of hydrogen-bond acceptors (Lipinski definition) is 2. The van der Waals surface area contributed by atoms with Gasteiger partial charge in [-0.05, 0) is 146 Å². The lowest BCUT2D eigenvalue weighted by atomic mass is 10.00. The maximum Gasteiger partial charge on any atom is 0.0568 e. The maximum absolute atomic E-state index is 2.49. The monoisotopic (exact) mass is 1040 g/mol. The quantitative estimate of drug-likeness (QED) is 0.127. The molecule has 4 nitrogen and oxygen atoms in total. The Bertz CT molecular complexity index is 4930. The molecule has 17 rings (SSSR count). The van der Waals surface area contributed by atoms with Crippen LogP contribution in [-0.4, -0.2) is 9.13 Å². The molecule has 0 saturated carbocycles. The van der Waals surface area contributed by atoms with Crippen molar-refractivity contribution in [2.45, 2.75) is 0 Å². The Morgan fingerprint density at radius 1 is 0.207 bits per heavy atom. The Hall–Kier alpha value is -10.9. The highest BCUT2D eigenvalue weighted by atomic mass is 15.2. The first kappa shape index (κ1) is 46.0. The molecule has 0 aliphatic rings. The smallest absolute Gasteiger partial charge is 0.0568 e. The second-order valence-electron chi connectivity index (χ2n) is 21.7. The molecular formula is C78H50N4. The van der Waals surface area contributed by atoms with E-state index in [1.165, 1.54) is 97.9 Å². The average Bonchev–Trinajstić information content (AvgIpc) is 4.24. The number of aromatic nitrogens is 2. The molecule has 82 heavy (non-hydrogen) atoms. The molecule has 382 valence electrons. The molecule has 0 unspecified atom stereocenters. The van der Waals surface area contributed by atoms with Crippen molar-refractivity contribution in [3.05, 3.63) is 303 Å². The molecule has 0 spiro atoms. The first-order chi connectivity index (χ1) is 40.7. The van der Waals surface area contributed by atoms with Crippen molar-refractivity contribution in [3.63, 3.8) is 0 Å². The summed E-state index contributed by atoms with van der Waals surface area (Å²) in [5, 5.41) is 14.7. The highest BCUT2D eigenvalue weighted by molar-refractivity contribution is 6.26. The number of benzene rings is 15. The van der Waals surface area contributed by atoms with Crippen LogP contribution in [0.4, 0.5) is 34.1 Å². The topological polar surface area (TPSA) is 16.3 Å². The van der Waals surface area contributed by atoms with Gasteiger partial charge in [-0.2, -0.15) is 0 Å².